The van der Waals surface area contributed by atoms with Gasteiger partial charge in [0.15, 0.2) is 0 Å². The Kier molecular flexibility index (Phi) is 4.69. The number of anilines is 1. The quantitative estimate of drug-likeness (QED) is 0.786. The van der Waals surface area contributed by atoms with E-state index in [0.717, 1.165) is 67.0 Å². The van der Waals surface area contributed by atoms with Crippen molar-refractivity contribution in [2.24, 2.45) is 9.50 Å². The zero-order valence-corrected chi connectivity index (χ0v) is 16.9. The maximum absolute atomic E-state index is 12.7. The third kappa shape index (κ3) is 3.52. The Hall–Kier alpha value is -2.40. The Morgan fingerprint density at radius 3 is 2.79 bits per heavy atom. The summed E-state index contributed by atoms with van der Waals surface area (Å²) in [5.41, 5.74) is 4.50. The molecule has 156 valence electrons. The molecule has 3 N–H and O–H groups in total. The van der Waals surface area contributed by atoms with E-state index < -0.39 is 22.5 Å². The summed E-state index contributed by atoms with van der Waals surface area (Å²) < 4.78 is 41.9. The predicted molar refractivity (Wildman–Crippen MR) is 103 cm³/mol. The van der Waals surface area contributed by atoms with Gasteiger partial charge in [-0.25, -0.2) is 18.8 Å². The lowest BCUT2D eigenvalue weighted by atomic mass is 9.90. The van der Waals surface area contributed by atoms with Crippen LogP contribution in [0.4, 0.5) is 19.3 Å². The molecule has 0 saturated heterocycles. The molecule has 0 saturated carbocycles. The van der Waals surface area contributed by atoms with E-state index >= 15 is 0 Å². The smallest absolute Gasteiger partial charge is 0.305 e. The lowest BCUT2D eigenvalue weighted by molar-refractivity contribution is 0.0564. The van der Waals surface area contributed by atoms with Crippen LogP contribution in [-0.4, -0.2) is 25.0 Å². The lowest BCUT2D eigenvalue weighted by Crippen LogP contribution is -2.20. The molecule has 2 aliphatic carbocycles. The summed E-state index contributed by atoms with van der Waals surface area (Å²) in [7, 11) is -3.71. The van der Waals surface area contributed by atoms with E-state index in [9.17, 15) is 17.8 Å². The molecule has 8 nitrogen and oxygen atoms in total. The number of nitrogens with one attached hydrogen (secondary N) is 1. The van der Waals surface area contributed by atoms with Gasteiger partial charge in [0.2, 0.25) is 0 Å². The minimum Gasteiger partial charge on any atom is -0.305 e. The Bertz CT molecular complexity index is 1120. The summed E-state index contributed by atoms with van der Waals surface area (Å²) in [6.45, 7) is 1.34. The lowest BCUT2D eigenvalue weighted by Gasteiger charge is -2.20. The van der Waals surface area contributed by atoms with Gasteiger partial charge in [0.25, 0.3) is 0 Å². The van der Waals surface area contributed by atoms with E-state index in [1.165, 1.54) is 0 Å². The van der Waals surface area contributed by atoms with Gasteiger partial charge in [-0.05, 0) is 43.2 Å². The number of aryl methyl sites for hydroxylation is 1. The summed E-state index contributed by atoms with van der Waals surface area (Å²) in [6.07, 6.45) is 6.04. The highest BCUT2D eigenvalue weighted by Gasteiger charge is 2.36. The first kappa shape index (κ1) is 19.9. The maximum atomic E-state index is 12.7. The highest BCUT2D eigenvalue weighted by Crippen LogP contribution is 2.44. The first-order valence-electron chi connectivity index (χ1n) is 9.32. The van der Waals surface area contributed by atoms with Crippen LogP contribution in [0, 0.1) is 0 Å². The van der Waals surface area contributed by atoms with E-state index in [2.05, 4.69) is 28.6 Å². The molecule has 0 bridgehead atoms. The van der Waals surface area contributed by atoms with E-state index in [0.29, 0.717) is 10.4 Å². The molecule has 0 spiro atoms. The minimum atomic E-state index is -3.71. The number of hydrogen-bond donors (Lipinski definition) is 2. The molecule has 4 rings (SSSR count). The van der Waals surface area contributed by atoms with Crippen molar-refractivity contribution >= 4 is 21.6 Å². The SMILES string of the molecule is CC1(C)CCc2c1nc1c(c2NC(=O)N=[S@](N)(=O)c2cnn(C(F)F)c2)CCC1. The average molecular weight is 424 g/mol. The van der Waals surface area contributed by atoms with Crippen LogP contribution in [0.2, 0.25) is 0 Å². The molecule has 2 aromatic rings. The Balaban J connectivity index is 1.69. The first-order chi connectivity index (χ1) is 13.6. The average Bonchev–Trinajstić information content (AvgIpc) is 3.34. The Labute approximate surface area is 167 Å². The van der Waals surface area contributed by atoms with Gasteiger partial charge in [0.1, 0.15) is 14.8 Å². The van der Waals surface area contributed by atoms with Crippen molar-refractivity contribution in [3.63, 3.8) is 0 Å². The molecule has 11 heteroatoms. The molecule has 2 aliphatic rings. The van der Waals surface area contributed by atoms with Crippen LogP contribution in [0.15, 0.2) is 21.7 Å². The second-order valence-corrected chi connectivity index (χ2v) is 9.79. The molecule has 2 heterocycles. The molecule has 29 heavy (non-hydrogen) atoms. The zero-order valence-electron chi connectivity index (χ0n) is 16.1. The number of rotatable bonds is 3. The molecule has 0 radical (unpaired) electrons. The van der Waals surface area contributed by atoms with Gasteiger partial charge < -0.3 is 5.32 Å². The third-order valence-electron chi connectivity index (χ3n) is 5.53. The number of fused-ring (bicyclic) bond motifs is 2. The monoisotopic (exact) mass is 424 g/mol. The van der Waals surface area contributed by atoms with Gasteiger partial charge in [0.05, 0.1) is 17.6 Å². The number of alkyl halides is 2. The van der Waals surface area contributed by atoms with Crippen LogP contribution in [0.5, 0.6) is 0 Å². The molecule has 1 atom stereocenters. The van der Waals surface area contributed by atoms with E-state index in [1.54, 1.807) is 0 Å². The summed E-state index contributed by atoms with van der Waals surface area (Å²) in [5, 5.41) is 11.8. The summed E-state index contributed by atoms with van der Waals surface area (Å²) in [5.74, 6) is 0. The summed E-state index contributed by atoms with van der Waals surface area (Å²) in [6, 6.07) is -0.880. The van der Waals surface area contributed by atoms with Crippen LogP contribution in [-0.2, 0) is 34.6 Å². The number of urea groups is 1. The van der Waals surface area contributed by atoms with Crippen molar-refractivity contribution in [3.05, 3.63) is 34.9 Å². The fourth-order valence-corrected chi connectivity index (χ4v) is 4.87. The number of nitrogens with zero attached hydrogens (tertiary/aromatic N) is 4. The third-order valence-corrected chi connectivity index (χ3v) is 6.86. The number of carbonyl (C=O) groups excluding carboxylic acids is 1. The van der Waals surface area contributed by atoms with Crippen molar-refractivity contribution in [1.29, 1.82) is 0 Å². The molecular weight excluding hydrogens is 402 g/mol. The number of amides is 2. The number of halogens is 2. The van der Waals surface area contributed by atoms with Gasteiger partial charge in [-0.3, -0.25) is 4.98 Å². The second-order valence-electron chi connectivity index (χ2n) is 8.00. The molecule has 2 amide bonds. The maximum Gasteiger partial charge on any atom is 0.354 e. The molecule has 0 aromatic carbocycles. The topological polar surface area (TPSA) is 115 Å². The van der Waals surface area contributed by atoms with Gasteiger partial charge in [-0.2, -0.15) is 13.9 Å². The van der Waals surface area contributed by atoms with Crippen molar-refractivity contribution < 1.29 is 17.8 Å². The van der Waals surface area contributed by atoms with Crippen LogP contribution in [0.1, 0.15) is 55.8 Å². The Morgan fingerprint density at radius 1 is 1.34 bits per heavy atom. The fourth-order valence-electron chi connectivity index (χ4n) is 4.02. The van der Waals surface area contributed by atoms with Gasteiger partial charge in [-0.15, -0.1) is 4.36 Å². The number of carbonyl (C=O) groups is 1. The van der Waals surface area contributed by atoms with E-state index in [4.69, 9.17) is 10.1 Å². The minimum absolute atomic E-state index is 0.0885. The number of nitrogens with two attached hydrogens (primary N) is 1. The molecule has 0 aliphatic heterocycles. The Morgan fingerprint density at radius 2 is 2.10 bits per heavy atom. The molecule has 0 unspecified atom stereocenters. The van der Waals surface area contributed by atoms with Crippen molar-refractivity contribution in [1.82, 2.24) is 14.8 Å². The van der Waals surface area contributed by atoms with Gasteiger partial charge in [0, 0.05) is 17.3 Å². The molecule has 0 fully saturated rings. The van der Waals surface area contributed by atoms with Crippen LogP contribution >= 0.6 is 0 Å². The normalized spacial score (nSPS) is 19.0. The van der Waals surface area contributed by atoms with E-state index in [1.807, 2.05) is 0 Å². The summed E-state index contributed by atoms with van der Waals surface area (Å²) in [4.78, 5) is 17.2. The highest BCUT2D eigenvalue weighted by molar-refractivity contribution is 7.91. The van der Waals surface area contributed by atoms with Gasteiger partial charge >= 0.3 is 12.6 Å². The number of hydrogen-bond acceptors (Lipinski definition) is 4. The van der Waals surface area contributed by atoms with Crippen molar-refractivity contribution in [2.75, 3.05) is 5.32 Å². The summed E-state index contributed by atoms with van der Waals surface area (Å²) >= 11 is 0. The molecule has 2 aromatic heterocycles. The zero-order chi connectivity index (χ0) is 21.0. The number of aromatic nitrogens is 3. The fraction of sp³-hybridized carbons (Fsp3) is 0.500. The van der Waals surface area contributed by atoms with E-state index in [-0.39, 0.29) is 10.3 Å². The largest absolute Gasteiger partial charge is 0.354 e. The van der Waals surface area contributed by atoms with Crippen LogP contribution in [0.25, 0.3) is 0 Å². The van der Waals surface area contributed by atoms with Gasteiger partial charge in [-0.1, -0.05) is 13.8 Å². The standard InChI is InChI=1S/C18H22F2N6O2S/c1-18(2)7-6-12-14(11-4-3-5-13(11)23-15(12)18)24-17(27)25-29(21,28)10-8-22-26(9-10)16(19)20/h8-9,16H,3-7H2,1-2H3,(H3,21,23,24,25,27,28)/t29-/m0/s1. The van der Waals surface area contributed by atoms with Crippen LogP contribution < -0.4 is 10.5 Å². The first-order valence-corrected chi connectivity index (χ1v) is 10.9. The second kappa shape index (κ2) is 6.84. The number of pyridine rings is 1. The molecular formula is C18H22F2N6O2S. The highest BCUT2D eigenvalue weighted by atomic mass is 32.2. The van der Waals surface area contributed by atoms with Crippen molar-refractivity contribution in [3.8, 4) is 0 Å². The van der Waals surface area contributed by atoms with Crippen molar-refractivity contribution in [2.45, 2.75) is 62.8 Å². The van der Waals surface area contributed by atoms with Crippen LogP contribution in [0.3, 0.4) is 0 Å². The predicted octanol–water partition coefficient (Wildman–Crippen LogP) is 3.32.